The molecule has 0 spiro atoms. The molecule has 1 fully saturated rings. The smallest absolute Gasteiger partial charge is 0.000357 e. The van der Waals surface area contributed by atoms with Crippen molar-refractivity contribution in [3.63, 3.8) is 0 Å². The van der Waals surface area contributed by atoms with Crippen LogP contribution < -0.4 is 0 Å². The van der Waals surface area contributed by atoms with Crippen molar-refractivity contribution in [1.29, 1.82) is 0 Å². The molecule has 0 bridgehead atoms. The van der Waals surface area contributed by atoms with Gasteiger partial charge >= 0.3 is 0 Å². The van der Waals surface area contributed by atoms with E-state index in [4.69, 9.17) is 0 Å². The van der Waals surface area contributed by atoms with Crippen molar-refractivity contribution in [3.05, 3.63) is 0 Å². The first-order chi connectivity index (χ1) is 5.70. The van der Waals surface area contributed by atoms with Crippen LogP contribution in [0.2, 0.25) is 0 Å². The van der Waals surface area contributed by atoms with Gasteiger partial charge in [0, 0.05) is 6.54 Å². The fourth-order valence-corrected chi connectivity index (χ4v) is 2.43. The molecular weight excluding hydrogens is 146 g/mol. The van der Waals surface area contributed by atoms with Crippen molar-refractivity contribution >= 4 is 0 Å². The zero-order valence-electron chi connectivity index (χ0n) is 8.84. The fraction of sp³-hybridized carbons (Fsp3) is 1.00. The van der Waals surface area contributed by atoms with Crippen LogP contribution in [0.3, 0.4) is 0 Å². The highest BCUT2D eigenvalue weighted by Crippen LogP contribution is 2.29. The molecular formula is C11H23N. The second-order valence-corrected chi connectivity index (χ2v) is 4.64. The normalized spacial score (nSPS) is 23.0. The third-order valence-electron chi connectivity index (χ3n) is 3.11. The van der Waals surface area contributed by atoms with Gasteiger partial charge in [0.15, 0.2) is 0 Å². The molecule has 72 valence electrons. The van der Waals surface area contributed by atoms with Crippen LogP contribution in [0.5, 0.6) is 0 Å². The van der Waals surface area contributed by atoms with Gasteiger partial charge in [-0.1, -0.05) is 39.0 Å². The average molecular weight is 169 g/mol. The Bertz CT molecular complexity index is 114. The lowest BCUT2D eigenvalue weighted by Crippen LogP contribution is -2.26. The predicted octanol–water partition coefficient (Wildman–Crippen LogP) is 2.76. The van der Waals surface area contributed by atoms with Gasteiger partial charge in [-0.05, 0) is 25.9 Å². The molecule has 1 rings (SSSR count). The van der Waals surface area contributed by atoms with Crippen LogP contribution in [0.4, 0.5) is 0 Å². The molecule has 0 aromatic rings. The lowest BCUT2D eigenvalue weighted by Gasteiger charge is -2.29. The second kappa shape index (κ2) is 4.86. The van der Waals surface area contributed by atoms with Crippen LogP contribution in [0.1, 0.15) is 39.0 Å². The third kappa shape index (κ3) is 3.14. The molecule has 0 amide bonds. The minimum Gasteiger partial charge on any atom is -0.309 e. The van der Waals surface area contributed by atoms with Gasteiger partial charge in [-0.25, -0.2) is 0 Å². The van der Waals surface area contributed by atoms with Gasteiger partial charge in [0.25, 0.3) is 0 Å². The molecule has 1 unspecified atom stereocenters. The maximum atomic E-state index is 2.41. The molecule has 0 aromatic carbocycles. The molecule has 0 radical (unpaired) electrons. The van der Waals surface area contributed by atoms with E-state index >= 15 is 0 Å². The van der Waals surface area contributed by atoms with E-state index in [9.17, 15) is 0 Å². The number of rotatable bonds is 3. The Morgan fingerprint density at radius 2 is 1.75 bits per heavy atom. The molecule has 1 saturated carbocycles. The standard InChI is InChI=1S/C11H23N/c1-10(9-12(2)3)11-7-5-4-6-8-11/h10-11H,4-9H2,1-3H3. The molecule has 1 atom stereocenters. The first-order valence-electron chi connectivity index (χ1n) is 5.35. The van der Waals surface area contributed by atoms with Gasteiger partial charge in [-0.15, -0.1) is 0 Å². The van der Waals surface area contributed by atoms with E-state index in [1.165, 1.54) is 38.6 Å². The highest BCUT2D eigenvalue weighted by molar-refractivity contribution is 4.72. The van der Waals surface area contributed by atoms with Crippen LogP contribution in [0, 0.1) is 11.8 Å². The summed E-state index contributed by atoms with van der Waals surface area (Å²) in [7, 11) is 4.36. The van der Waals surface area contributed by atoms with Gasteiger partial charge in [0.1, 0.15) is 0 Å². The van der Waals surface area contributed by atoms with Crippen molar-refractivity contribution < 1.29 is 0 Å². The molecule has 1 aliphatic carbocycles. The number of nitrogens with zero attached hydrogens (tertiary/aromatic N) is 1. The minimum absolute atomic E-state index is 0.903. The third-order valence-corrected chi connectivity index (χ3v) is 3.11. The lowest BCUT2D eigenvalue weighted by molar-refractivity contribution is 0.214. The van der Waals surface area contributed by atoms with Crippen molar-refractivity contribution in [2.24, 2.45) is 11.8 Å². The molecule has 0 aromatic heterocycles. The van der Waals surface area contributed by atoms with Crippen LogP contribution in [-0.4, -0.2) is 25.5 Å². The van der Waals surface area contributed by atoms with Crippen LogP contribution in [-0.2, 0) is 0 Å². The van der Waals surface area contributed by atoms with E-state index in [0.717, 1.165) is 11.8 Å². The maximum absolute atomic E-state index is 2.41. The van der Waals surface area contributed by atoms with E-state index in [0.29, 0.717) is 0 Å². The van der Waals surface area contributed by atoms with Gasteiger partial charge in [0.05, 0.1) is 0 Å². The molecule has 0 saturated heterocycles. The zero-order chi connectivity index (χ0) is 8.97. The predicted molar refractivity (Wildman–Crippen MR) is 54.3 cm³/mol. The Morgan fingerprint density at radius 1 is 1.17 bits per heavy atom. The monoisotopic (exact) mass is 169 g/mol. The van der Waals surface area contributed by atoms with E-state index in [1.54, 1.807) is 0 Å². The van der Waals surface area contributed by atoms with E-state index < -0.39 is 0 Å². The first kappa shape index (κ1) is 10.0. The van der Waals surface area contributed by atoms with Crippen molar-refractivity contribution in [2.45, 2.75) is 39.0 Å². The Hall–Kier alpha value is -0.0400. The summed E-state index contributed by atoms with van der Waals surface area (Å²) in [6.07, 6.45) is 7.39. The summed E-state index contributed by atoms with van der Waals surface area (Å²) in [5, 5.41) is 0. The summed E-state index contributed by atoms with van der Waals surface area (Å²) in [4.78, 5) is 2.32. The van der Waals surface area contributed by atoms with Crippen LogP contribution in [0.15, 0.2) is 0 Å². The zero-order valence-corrected chi connectivity index (χ0v) is 8.84. The summed E-state index contributed by atoms with van der Waals surface area (Å²) in [5.74, 6) is 1.92. The average Bonchev–Trinajstić information content (AvgIpc) is 2.05. The Kier molecular flexibility index (Phi) is 4.07. The van der Waals surface area contributed by atoms with Crippen molar-refractivity contribution in [1.82, 2.24) is 4.90 Å². The fourth-order valence-electron chi connectivity index (χ4n) is 2.43. The Labute approximate surface area is 77.1 Å². The minimum atomic E-state index is 0.903. The Balaban J connectivity index is 2.24. The summed E-state index contributed by atoms with van der Waals surface area (Å²) >= 11 is 0. The van der Waals surface area contributed by atoms with Crippen LogP contribution >= 0.6 is 0 Å². The van der Waals surface area contributed by atoms with Gasteiger partial charge in [0.2, 0.25) is 0 Å². The van der Waals surface area contributed by atoms with Crippen LogP contribution in [0.25, 0.3) is 0 Å². The largest absolute Gasteiger partial charge is 0.309 e. The van der Waals surface area contributed by atoms with Gasteiger partial charge < -0.3 is 4.90 Å². The van der Waals surface area contributed by atoms with Crippen molar-refractivity contribution in [3.8, 4) is 0 Å². The highest BCUT2D eigenvalue weighted by atomic mass is 15.1. The molecule has 0 N–H and O–H groups in total. The maximum Gasteiger partial charge on any atom is 0.000357 e. The van der Waals surface area contributed by atoms with Crippen molar-refractivity contribution in [2.75, 3.05) is 20.6 Å². The lowest BCUT2D eigenvalue weighted by atomic mass is 9.81. The molecule has 1 heteroatoms. The Morgan fingerprint density at radius 3 is 2.25 bits per heavy atom. The van der Waals surface area contributed by atoms with Gasteiger partial charge in [-0.2, -0.15) is 0 Å². The summed E-state index contributed by atoms with van der Waals surface area (Å²) in [6.45, 7) is 3.68. The van der Waals surface area contributed by atoms with E-state index in [-0.39, 0.29) is 0 Å². The summed E-state index contributed by atoms with van der Waals surface area (Å²) in [5.41, 5.74) is 0. The van der Waals surface area contributed by atoms with E-state index in [2.05, 4.69) is 25.9 Å². The summed E-state index contributed by atoms with van der Waals surface area (Å²) < 4.78 is 0. The number of hydrogen-bond donors (Lipinski definition) is 0. The van der Waals surface area contributed by atoms with Gasteiger partial charge in [-0.3, -0.25) is 0 Å². The molecule has 0 heterocycles. The molecule has 1 aliphatic rings. The summed E-state index contributed by atoms with van der Waals surface area (Å²) in [6, 6.07) is 0. The SMILES string of the molecule is CC(CN(C)C)C1CCCCC1. The van der Waals surface area contributed by atoms with E-state index in [1.807, 2.05) is 0 Å². The highest BCUT2D eigenvalue weighted by Gasteiger charge is 2.19. The molecule has 12 heavy (non-hydrogen) atoms. The number of hydrogen-bond acceptors (Lipinski definition) is 1. The molecule has 1 nitrogen and oxygen atoms in total. The molecule has 0 aliphatic heterocycles. The second-order valence-electron chi connectivity index (χ2n) is 4.64. The quantitative estimate of drug-likeness (QED) is 0.628. The first-order valence-corrected chi connectivity index (χ1v) is 5.35. The topological polar surface area (TPSA) is 3.24 Å².